The highest BCUT2D eigenvalue weighted by molar-refractivity contribution is 5.72. The van der Waals surface area contributed by atoms with Crippen molar-refractivity contribution in [3.63, 3.8) is 0 Å². The Hall–Kier alpha value is -1.11. The molecule has 0 saturated heterocycles. The van der Waals surface area contributed by atoms with E-state index in [4.69, 9.17) is 0 Å². The minimum atomic E-state index is 0.234. The third kappa shape index (κ3) is 1.59. The second-order valence-electron chi connectivity index (χ2n) is 4.94. The first kappa shape index (κ1) is 9.45. The second kappa shape index (κ2) is 3.23. The number of hydrogen-bond acceptors (Lipinski definition) is 1. The van der Waals surface area contributed by atoms with Crippen LogP contribution < -0.4 is 0 Å². The predicted octanol–water partition coefficient (Wildman–Crippen LogP) is 3.46. The maximum atomic E-state index is 4.22. The van der Waals surface area contributed by atoms with Gasteiger partial charge in [-0.3, -0.25) is 4.98 Å². The van der Waals surface area contributed by atoms with Crippen LogP contribution in [0.15, 0.2) is 24.5 Å². The Labute approximate surface area is 85.9 Å². The minimum Gasteiger partial charge on any atom is -0.264 e. The molecule has 0 radical (unpaired) electrons. The van der Waals surface area contributed by atoms with Gasteiger partial charge >= 0.3 is 0 Å². The maximum absolute atomic E-state index is 4.22. The van der Waals surface area contributed by atoms with E-state index in [1.165, 1.54) is 23.1 Å². The van der Waals surface area contributed by atoms with Gasteiger partial charge in [0.25, 0.3) is 0 Å². The molecule has 14 heavy (non-hydrogen) atoms. The van der Waals surface area contributed by atoms with E-state index >= 15 is 0 Å². The van der Waals surface area contributed by atoms with Crippen LogP contribution in [0.2, 0.25) is 0 Å². The Morgan fingerprint density at radius 2 is 2.07 bits per heavy atom. The van der Waals surface area contributed by atoms with Crippen LogP contribution in [-0.4, -0.2) is 4.98 Å². The quantitative estimate of drug-likeness (QED) is 0.606. The molecule has 1 heterocycles. The summed E-state index contributed by atoms with van der Waals surface area (Å²) in [6, 6.07) is 2.15. The zero-order valence-corrected chi connectivity index (χ0v) is 9.17. The van der Waals surface area contributed by atoms with Crippen LogP contribution in [0.1, 0.15) is 38.3 Å². The number of fused-ring (bicyclic) bond motifs is 1. The molecule has 2 rings (SSSR count). The summed E-state index contributed by atoms with van der Waals surface area (Å²) in [5.74, 6) is 0. The molecule has 1 aromatic heterocycles. The molecule has 0 saturated carbocycles. The van der Waals surface area contributed by atoms with Crippen molar-refractivity contribution in [1.82, 2.24) is 4.98 Å². The summed E-state index contributed by atoms with van der Waals surface area (Å²) in [5, 5.41) is 0. The zero-order valence-electron chi connectivity index (χ0n) is 9.17. The first-order valence-electron chi connectivity index (χ1n) is 5.23. The topological polar surface area (TPSA) is 12.9 Å². The first-order chi connectivity index (χ1) is 6.59. The van der Waals surface area contributed by atoms with E-state index < -0.39 is 0 Å². The van der Waals surface area contributed by atoms with Crippen LogP contribution in [-0.2, 0) is 6.42 Å². The number of nitrogens with zero attached hydrogens (tertiary/aromatic N) is 1. The van der Waals surface area contributed by atoms with E-state index in [-0.39, 0.29) is 5.41 Å². The Balaban J connectivity index is 2.51. The predicted molar refractivity (Wildman–Crippen MR) is 60.0 cm³/mol. The van der Waals surface area contributed by atoms with E-state index in [2.05, 4.69) is 37.9 Å². The summed E-state index contributed by atoms with van der Waals surface area (Å²) in [4.78, 5) is 4.22. The summed E-state index contributed by atoms with van der Waals surface area (Å²) in [6.07, 6.45) is 8.60. The van der Waals surface area contributed by atoms with Crippen LogP contribution >= 0.6 is 0 Å². The van der Waals surface area contributed by atoms with Gasteiger partial charge in [0.05, 0.1) is 0 Å². The standard InChI is InChI=1S/C13H17N/c1-13(2,3)12-6-4-5-10-7-8-14-9-11(10)12/h6-9H,4-5H2,1-3H3. The van der Waals surface area contributed by atoms with Crippen LogP contribution in [0.4, 0.5) is 0 Å². The Bertz CT molecular complexity index is 369. The average Bonchev–Trinajstić information content (AvgIpc) is 2.15. The van der Waals surface area contributed by atoms with Gasteiger partial charge in [-0.25, -0.2) is 0 Å². The summed E-state index contributed by atoms with van der Waals surface area (Å²) in [5.41, 5.74) is 4.49. The SMILES string of the molecule is CC(C)(C)C1=CCCc2ccncc21. The monoisotopic (exact) mass is 187 g/mol. The molecule has 0 amide bonds. The fourth-order valence-corrected chi connectivity index (χ4v) is 2.08. The Morgan fingerprint density at radius 1 is 1.29 bits per heavy atom. The Kier molecular flexibility index (Phi) is 2.18. The maximum Gasteiger partial charge on any atom is 0.0345 e. The van der Waals surface area contributed by atoms with Crippen molar-refractivity contribution in [2.45, 2.75) is 33.6 Å². The van der Waals surface area contributed by atoms with Gasteiger partial charge < -0.3 is 0 Å². The second-order valence-corrected chi connectivity index (χ2v) is 4.94. The molecule has 0 unspecified atom stereocenters. The molecule has 0 fully saturated rings. The van der Waals surface area contributed by atoms with Crippen molar-refractivity contribution in [3.8, 4) is 0 Å². The zero-order chi connectivity index (χ0) is 10.2. The molecule has 0 atom stereocenters. The summed E-state index contributed by atoms with van der Waals surface area (Å²) < 4.78 is 0. The molecular formula is C13H17N. The van der Waals surface area contributed by atoms with Crippen molar-refractivity contribution in [2.75, 3.05) is 0 Å². The highest BCUT2D eigenvalue weighted by Gasteiger charge is 2.22. The van der Waals surface area contributed by atoms with Crippen LogP contribution in [0.3, 0.4) is 0 Å². The van der Waals surface area contributed by atoms with Crippen molar-refractivity contribution < 1.29 is 0 Å². The van der Waals surface area contributed by atoms with Crippen molar-refractivity contribution in [1.29, 1.82) is 0 Å². The van der Waals surface area contributed by atoms with Crippen molar-refractivity contribution in [3.05, 3.63) is 35.7 Å². The van der Waals surface area contributed by atoms with Gasteiger partial charge in [0.15, 0.2) is 0 Å². The molecule has 0 aliphatic heterocycles. The van der Waals surface area contributed by atoms with E-state index in [0.29, 0.717) is 0 Å². The van der Waals surface area contributed by atoms with Gasteiger partial charge in [-0.05, 0) is 41.0 Å². The lowest BCUT2D eigenvalue weighted by molar-refractivity contribution is 0.561. The lowest BCUT2D eigenvalue weighted by Crippen LogP contribution is -2.13. The van der Waals surface area contributed by atoms with Gasteiger partial charge in [-0.2, -0.15) is 0 Å². The molecule has 1 heteroatoms. The Morgan fingerprint density at radius 3 is 2.79 bits per heavy atom. The number of aromatic nitrogens is 1. The molecule has 1 aliphatic rings. The fourth-order valence-electron chi connectivity index (χ4n) is 2.08. The van der Waals surface area contributed by atoms with Crippen molar-refractivity contribution in [2.24, 2.45) is 5.41 Å². The van der Waals surface area contributed by atoms with Crippen LogP contribution in [0.5, 0.6) is 0 Å². The molecule has 1 aliphatic carbocycles. The largest absolute Gasteiger partial charge is 0.264 e. The van der Waals surface area contributed by atoms with Gasteiger partial charge in [0.1, 0.15) is 0 Å². The molecule has 1 nitrogen and oxygen atoms in total. The highest BCUT2D eigenvalue weighted by Crippen LogP contribution is 2.38. The first-order valence-corrected chi connectivity index (χ1v) is 5.23. The molecule has 74 valence electrons. The fraction of sp³-hybridized carbons (Fsp3) is 0.462. The van der Waals surface area contributed by atoms with Gasteiger partial charge in [-0.15, -0.1) is 0 Å². The summed E-state index contributed by atoms with van der Waals surface area (Å²) >= 11 is 0. The van der Waals surface area contributed by atoms with E-state index in [1.807, 2.05) is 12.4 Å². The smallest absolute Gasteiger partial charge is 0.0345 e. The van der Waals surface area contributed by atoms with E-state index in [0.717, 1.165) is 6.42 Å². The lowest BCUT2D eigenvalue weighted by Gasteiger charge is -2.27. The normalized spacial score (nSPS) is 16.1. The number of allylic oxidation sites excluding steroid dienone is 2. The molecular weight excluding hydrogens is 170 g/mol. The van der Waals surface area contributed by atoms with E-state index in [1.54, 1.807) is 0 Å². The van der Waals surface area contributed by atoms with E-state index in [9.17, 15) is 0 Å². The molecule has 0 aromatic carbocycles. The minimum absolute atomic E-state index is 0.234. The van der Waals surface area contributed by atoms with Gasteiger partial charge in [0.2, 0.25) is 0 Å². The van der Waals surface area contributed by atoms with Crippen LogP contribution in [0, 0.1) is 5.41 Å². The van der Waals surface area contributed by atoms with Gasteiger partial charge in [-0.1, -0.05) is 26.8 Å². The highest BCUT2D eigenvalue weighted by atomic mass is 14.6. The third-order valence-corrected chi connectivity index (χ3v) is 2.77. The molecule has 0 spiro atoms. The third-order valence-electron chi connectivity index (χ3n) is 2.77. The number of rotatable bonds is 0. The number of pyridine rings is 1. The van der Waals surface area contributed by atoms with Gasteiger partial charge in [0, 0.05) is 12.4 Å². The number of hydrogen-bond donors (Lipinski definition) is 0. The molecule has 0 N–H and O–H groups in total. The van der Waals surface area contributed by atoms with Crippen molar-refractivity contribution >= 4 is 5.57 Å². The summed E-state index contributed by atoms with van der Waals surface area (Å²) in [6.45, 7) is 6.79. The molecule has 0 bridgehead atoms. The summed E-state index contributed by atoms with van der Waals surface area (Å²) in [7, 11) is 0. The molecule has 1 aromatic rings. The average molecular weight is 187 g/mol. The lowest BCUT2D eigenvalue weighted by atomic mass is 9.77. The number of aryl methyl sites for hydroxylation is 1. The van der Waals surface area contributed by atoms with Crippen LogP contribution in [0.25, 0.3) is 5.57 Å².